The van der Waals surface area contributed by atoms with Crippen molar-refractivity contribution in [1.29, 1.82) is 0 Å². The van der Waals surface area contributed by atoms with Crippen molar-refractivity contribution in [1.82, 2.24) is 4.90 Å². The molecule has 2 aromatic rings. The summed E-state index contributed by atoms with van der Waals surface area (Å²) in [5.74, 6) is -0.737. The number of allylic oxidation sites excluding steroid dienone is 1. The van der Waals surface area contributed by atoms with Gasteiger partial charge in [0.2, 0.25) is 5.79 Å². The molecule has 5 rings (SSSR count). The van der Waals surface area contributed by atoms with E-state index in [4.69, 9.17) is 23.8 Å². The first kappa shape index (κ1) is 41.4. The average Bonchev–Trinajstić information content (AvgIpc) is 3.18. The van der Waals surface area contributed by atoms with Gasteiger partial charge in [-0.1, -0.05) is 49.2 Å². The zero-order chi connectivity index (χ0) is 39.4. The first-order chi connectivity index (χ1) is 26.8. The molecule has 2 N–H and O–H groups in total. The molecule has 0 aromatic heterocycles. The van der Waals surface area contributed by atoms with Crippen LogP contribution in [-0.4, -0.2) is 83.8 Å². The second-order valence-electron chi connectivity index (χ2n) is 14.2. The summed E-state index contributed by atoms with van der Waals surface area (Å²) in [6.07, 6.45) is 11.0. The molecule has 6 atom stereocenters. The van der Waals surface area contributed by atoms with Gasteiger partial charge in [0.1, 0.15) is 30.4 Å². The Morgan fingerprint density at radius 2 is 1.85 bits per heavy atom. The highest BCUT2D eigenvalue weighted by atomic mass is 16.7. The second kappa shape index (κ2) is 19.7. The second-order valence-corrected chi connectivity index (χ2v) is 14.2. The number of benzene rings is 2. The fourth-order valence-electron chi connectivity index (χ4n) is 8.55. The van der Waals surface area contributed by atoms with Gasteiger partial charge in [-0.15, -0.1) is 13.2 Å². The summed E-state index contributed by atoms with van der Waals surface area (Å²) >= 11 is 0. The van der Waals surface area contributed by atoms with Crippen LogP contribution in [0.5, 0.6) is 17.2 Å². The molecule has 0 bridgehead atoms. The van der Waals surface area contributed by atoms with E-state index in [-0.39, 0.29) is 56.3 Å². The van der Waals surface area contributed by atoms with E-state index >= 15 is 0 Å². The number of unbranched alkanes of at least 4 members (excludes halogenated alkanes) is 2. The number of nitro groups is 1. The number of ether oxygens (including phenoxy) is 4. The third kappa shape index (κ3) is 9.22. The van der Waals surface area contributed by atoms with E-state index in [1.807, 2.05) is 19.1 Å². The zero-order valence-corrected chi connectivity index (χ0v) is 32.0. The lowest BCUT2D eigenvalue weighted by Gasteiger charge is -2.59. The zero-order valence-electron chi connectivity index (χ0n) is 32.0. The molecule has 13 heteroatoms. The van der Waals surface area contributed by atoms with Crippen molar-refractivity contribution in [3.8, 4) is 17.2 Å². The minimum Gasteiger partial charge on any atom is -0.459 e. The standard InChI is InChI=1S/C42H55N3O10/c1-5-8-24-52-41(48)44(20-6-2)38-28-36(43-51-4)34-25-29(14-9-11-21-46)33(17-10-12-22-47)39-35-27-32(54-31-16-13-15-30(26-31)45(49)50)18-19-37(35)55-42(38,40(34)39)53-23-7-3/h5,7,13,15-16,18-19,25-27,29,33,38-40,46-47H,1,3,6,8-12,14,17,20-24,28H2,2,4H3. The monoisotopic (exact) mass is 761 g/mol. The largest absolute Gasteiger partial charge is 0.459 e. The van der Waals surface area contributed by atoms with Crippen LogP contribution < -0.4 is 9.47 Å². The van der Waals surface area contributed by atoms with Crippen molar-refractivity contribution in [2.45, 2.75) is 82.5 Å². The van der Waals surface area contributed by atoms with Crippen LogP contribution in [0.1, 0.15) is 76.2 Å². The number of carbonyl (C=O) groups excluding carboxylic acids is 1. The Balaban J connectivity index is 1.75. The first-order valence-corrected chi connectivity index (χ1v) is 19.3. The van der Waals surface area contributed by atoms with Crippen LogP contribution in [0.2, 0.25) is 0 Å². The number of nitro benzene ring substituents is 1. The van der Waals surface area contributed by atoms with Crippen LogP contribution in [0.4, 0.5) is 10.5 Å². The number of nitrogens with zero attached hydrogens (tertiary/aromatic N) is 3. The number of oxime groups is 1. The number of aliphatic hydroxyl groups is 2. The molecule has 2 aromatic carbocycles. The third-order valence-corrected chi connectivity index (χ3v) is 10.7. The molecule has 1 saturated carbocycles. The molecule has 13 nitrogen and oxygen atoms in total. The lowest BCUT2D eigenvalue weighted by atomic mass is 9.55. The maximum absolute atomic E-state index is 14.0. The Hall–Kier alpha value is -4.72. The van der Waals surface area contributed by atoms with Crippen LogP contribution in [0.3, 0.4) is 0 Å². The normalized spacial score (nSPS) is 24.4. The quantitative estimate of drug-likeness (QED) is 0.0551. The molecular weight excluding hydrogens is 706 g/mol. The third-order valence-electron chi connectivity index (χ3n) is 10.7. The van der Waals surface area contributed by atoms with E-state index in [9.17, 15) is 25.1 Å². The summed E-state index contributed by atoms with van der Waals surface area (Å²) in [6, 6.07) is 10.9. The molecule has 298 valence electrons. The highest BCUT2D eigenvalue weighted by Crippen LogP contribution is 2.62. The van der Waals surface area contributed by atoms with E-state index in [1.165, 1.54) is 19.2 Å². The number of fused-ring (bicyclic) bond motifs is 2. The van der Waals surface area contributed by atoms with Crippen LogP contribution in [0.25, 0.3) is 0 Å². The van der Waals surface area contributed by atoms with Gasteiger partial charge in [-0.25, -0.2) is 4.79 Å². The van der Waals surface area contributed by atoms with E-state index in [2.05, 4.69) is 24.4 Å². The van der Waals surface area contributed by atoms with Crippen LogP contribution >= 0.6 is 0 Å². The average molecular weight is 762 g/mol. The molecule has 3 aliphatic rings. The summed E-state index contributed by atoms with van der Waals surface area (Å²) in [6.45, 7) is 10.5. The molecule has 0 spiro atoms. The molecule has 1 heterocycles. The van der Waals surface area contributed by atoms with Gasteiger partial charge >= 0.3 is 6.09 Å². The van der Waals surface area contributed by atoms with Gasteiger partial charge < -0.3 is 34.0 Å². The van der Waals surface area contributed by atoms with E-state index in [1.54, 1.807) is 35.3 Å². The molecular formula is C42H55N3O10. The van der Waals surface area contributed by atoms with Gasteiger partial charge in [0.25, 0.3) is 5.69 Å². The number of amides is 1. The molecule has 1 amide bonds. The number of hydrogen-bond donors (Lipinski definition) is 2. The fourth-order valence-corrected chi connectivity index (χ4v) is 8.55. The number of rotatable bonds is 21. The number of aliphatic hydroxyl groups excluding tert-OH is 2. The first-order valence-electron chi connectivity index (χ1n) is 19.3. The molecule has 2 aliphatic carbocycles. The lowest BCUT2D eigenvalue weighted by molar-refractivity contribution is -0.384. The van der Waals surface area contributed by atoms with Gasteiger partial charge in [-0.2, -0.15) is 0 Å². The highest BCUT2D eigenvalue weighted by molar-refractivity contribution is 6.02. The minimum atomic E-state index is -1.41. The topological polar surface area (TPSA) is 162 Å². The summed E-state index contributed by atoms with van der Waals surface area (Å²) in [4.78, 5) is 32.3. The van der Waals surface area contributed by atoms with Crippen molar-refractivity contribution in [2.75, 3.05) is 40.1 Å². The Morgan fingerprint density at radius 3 is 2.55 bits per heavy atom. The van der Waals surface area contributed by atoms with Crippen molar-refractivity contribution < 1.29 is 43.7 Å². The maximum atomic E-state index is 14.0. The van der Waals surface area contributed by atoms with Gasteiger partial charge in [0.05, 0.1) is 35.8 Å². The molecule has 0 saturated heterocycles. The van der Waals surface area contributed by atoms with Gasteiger partial charge in [0.15, 0.2) is 0 Å². The maximum Gasteiger partial charge on any atom is 0.410 e. The summed E-state index contributed by atoms with van der Waals surface area (Å²) < 4.78 is 26.2. The fraction of sp³-hybridized carbons (Fsp3) is 0.524. The van der Waals surface area contributed by atoms with Crippen molar-refractivity contribution in [3.05, 3.63) is 95.1 Å². The molecule has 6 unspecified atom stereocenters. The summed E-state index contributed by atoms with van der Waals surface area (Å²) in [5.41, 5.74) is 2.37. The van der Waals surface area contributed by atoms with Crippen LogP contribution in [0, 0.1) is 27.9 Å². The SMILES string of the molecule is C=CCCOC(=O)N(CCC)C1CC(=NOC)C2=CC(CCCCO)C(CCCCO)C3c4cc(Oc5cccc([N+](=O)[O-])c5)ccc4OC1(OCC=C)C23. The molecule has 1 aliphatic heterocycles. The van der Waals surface area contributed by atoms with E-state index < -0.39 is 28.8 Å². The van der Waals surface area contributed by atoms with Gasteiger partial charge in [-0.05, 0) is 80.2 Å². The van der Waals surface area contributed by atoms with E-state index in [0.29, 0.717) is 55.2 Å². The van der Waals surface area contributed by atoms with Crippen LogP contribution in [0.15, 0.2) is 84.6 Å². The number of carbonyl (C=O) groups is 1. The van der Waals surface area contributed by atoms with Gasteiger partial charge in [0, 0.05) is 43.7 Å². The summed E-state index contributed by atoms with van der Waals surface area (Å²) in [7, 11) is 1.51. The van der Waals surface area contributed by atoms with E-state index in [0.717, 1.165) is 36.8 Å². The van der Waals surface area contributed by atoms with Crippen molar-refractivity contribution in [2.24, 2.45) is 22.9 Å². The van der Waals surface area contributed by atoms with Crippen LogP contribution in [-0.2, 0) is 14.3 Å². The minimum absolute atomic E-state index is 0.0168. The number of hydrogen-bond acceptors (Lipinski definition) is 11. The van der Waals surface area contributed by atoms with Crippen molar-refractivity contribution >= 4 is 17.5 Å². The Labute approximate surface area is 323 Å². The Morgan fingerprint density at radius 1 is 1.09 bits per heavy atom. The predicted molar refractivity (Wildman–Crippen MR) is 208 cm³/mol. The molecule has 1 fully saturated rings. The Bertz CT molecular complexity index is 1710. The highest BCUT2D eigenvalue weighted by Gasteiger charge is 2.65. The Kier molecular flexibility index (Phi) is 14.9. The van der Waals surface area contributed by atoms with Gasteiger partial charge in [-0.3, -0.25) is 15.0 Å². The smallest absolute Gasteiger partial charge is 0.410 e. The molecule has 0 radical (unpaired) electrons. The predicted octanol–water partition coefficient (Wildman–Crippen LogP) is 8.08. The number of non-ortho nitro benzene ring substituents is 1. The lowest BCUT2D eigenvalue weighted by Crippen LogP contribution is -2.70. The molecule has 55 heavy (non-hydrogen) atoms. The summed E-state index contributed by atoms with van der Waals surface area (Å²) in [5, 5.41) is 35.7. The van der Waals surface area contributed by atoms with Crippen molar-refractivity contribution in [3.63, 3.8) is 0 Å².